The summed E-state index contributed by atoms with van der Waals surface area (Å²) in [5, 5.41) is 12.9. The number of carbonyl (C=O) groups excluding carboxylic acids is 4. The molecule has 9 rings (SSSR count). The SMILES string of the molecule is CCCCCCCCCCCCCCCCNC(=O)c1ccc(-c2c3nc(c(-c4ccc(C(=O)NCCCCCCCCCCCCCCCC)cc4)c4ccc([n-]4)c(-c4ccc(C(=O)NCCCCCCCCCCCCCCCC)cc4)c4nc(c(-c5ccc(C(=O)NCCCCCCCCCCCCCCCC)cc5)c5ccc2[n-]5)C=C4)C=C3)cc1.[Zn+2]. The summed E-state index contributed by atoms with van der Waals surface area (Å²) in [5.74, 6) is -0.386. The first kappa shape index (κ1) is 102. The van der Waals surface area contributed by atoms with Gasteiger partial charge in [-0.05, 0) is 143 Å². The Hall–Kier alpha value is -8.02. The molecule has 4 aromatic carbocycles. The number of hydrogen-bond donors (Lipinski definition) is 4. The summed E-state index contributed by atoms with van der Waals surface area (Å²) in [7, 11) is 0. The number of aromatic nitrogens is 4. The molecule has 674 valence electrons. The number of amides is 4. The maximum atomic E-state index is 13.9. The second-order valence-corrected chi connectivity index (χ2v) is 36.1. The van der Waals surface area contributed by atoms with Crippen molar-refractivity contribution in [3.63, 3.8) is 0 Å². The predicted molar refractivity (Wildman–Crippen MR) is 529 cm³/mol. The van der Waals surface area contributed by atoms with Crippen LogP contribution in [0.5, 0.6) is 0 Å². The van der Waals surface area contributed by atoms with Gasteiger partial charge < -0.3 is 31.2 Å². The molecule has 5 heterocycles. The van der Waals surface area contributed by atoms with Gasteiger partial charge in [0.25, 0.3) is 23.6 Å². The first-order valence-electron chi connectivity index (χ1n) is 50.8. The molecule has 3 aromatic heterocycles. The van der Waals surface area contributed by atoms with Crippen molar-refractivity contribution in [2.24, 2.45) is 0 Å². The van der Waals surface area contributed by atoms with Crippen LogP contribution in [-0.2, 0) is 19.5 Å². The number of benzene rings is 4. The number of hydrogen-bond acceptors (Lipinski definition) is 6. The number of unbranched alkanes of at least 4 members (excludes halogenated alkanes) is 52. The van der Waals surface area contributed by atoms with E-state index in [-0.39, 0.29) is 43.1 Å². The maximum absolute atomic E-state index is 13.9. The maximum Gasteiger partial charge on any atom is 2.00 e. The molecule has 125 heavy (non-hydrogen) atoms. The zero-order chi connectivity index (χ0) is 86.9. The molecule has 0 saturated heterocycles. The number of fused-ring (bicyclic) bond motifs is 8. The van der Waals surface area contributed by atoms with E-state index >= 15 is 0 Å². The summed E-state index contributed by atoms with van der Waals surface area (Å²) in [6, 6.07) is 39.5. The summed E-state index contributed by atoms with van der Waals surface area (Å²) < 4.78 is 0. The molecule has 12 nitrogen and oxygen atoms in total. The minimum absolute atomic E-state index is 0. The van der Waals surface area contributed by atoms with Crippen LogP contribution in [-0.4, -0.2) is 59.8 Å². The molecule has 4 amide bonds. The van der Waals surface area contributed by atoms with Crippen molar-refractivity contribution in [1.29, 1.82) is 0 Å². The van der Waals surface area contributed by atoms with Gasteiger partial charge in [-0.1, -0.05) is 434 Å². The molecule has 0 aliphatic carbocycles. The van der Waals surface area contributed by atoms with Crippen LogP contribution in [0.3, 0.4) is 0 Å². The van der Waals surface area contributed by atoms with Crippen LogP contribution in [0.1, 0.15) is 451 Å². The second-order valence-electron chi connectivity index (χ2n) is 36.1. The van der Waals surface area contributed by atoms with Crippen LogP contribution in [0, 0.1) is 0 Å². The molecule has 8 bridgehead atoms. The van der Waals surface area contributed by atoms with E-state index in [2.05, 4.69) is 49.0 Å². The van der Waals surface area contributed by atoms with Gasteiger partial charge >= 0.3 is 19.5 Å². The van der Waals surface area contributed by atoms with Crippen LogP contribution in [0.25, 0.3) is 90.9 Å². The van der Waals surface area contributed by atoms with Gasteiger partial charge in [0, 0.05) is 48.4 Å². The van der Waals surface area contributed by atoms with E-state index in [0.717, 1.165) is 95.9 Å². The van der Waals surface area contributed by atoms with Crippen molar-refractivity contribution in [3.8, 4) is 44.5 Å². The molecule has 0 spiro atoms. The van der Waals surface area contributed by atoms with Gasteiger partial charge in [-0.2, -0.15) is 0 Å². The predicted octanol–water partition coefficient (Wildman–Crippen LogP) is 31.4. The van der Waals surface area contributed by atoms with Crippen LogP contribution < -0.4 is 31.2 Å². The molecule has 0 saturated carbocycles. The van der Waals surface area contributed by atoms with E-state index in [1.807, 2.05) is 146 Å². The molecular formula is C112H160N8O4Zn. The van der Waals surface area contributed by atoms with E-state index in [4.69, 9.17) is 19.9 Å². The Balaban J connectivity index is 0.0000194. The standard InChI is InChI=1S/C112H162N8O4.Zn/c1-5-9-13-17-21-25-29-33-37-41-45-49-53-57-85-113-109(121)93-69-61-89(62-70-93)105-97-77-79-99(117-97)106(90-63-71-94(72-64-90)110(122)114-86-58-54-50-46-42-38-34-30-26-22-18-14-10-6-2)101-81-83-103(119-101)108(92-67-75-96(76-68-92)112(124)116-88-60-56-52-48-44-40-36-32-28-24-20-16-12-8-4)104-84-82-102(120-104)107(100-80-78-98(105)118-100)91-65-73-95(74-66-91)111(123)115-87-59-55-51-47-43-39-35-31-27-23-19-15-11-7-3;/h61-84H,5-60,85-88H2,1-4H3,(H6,113,114,115,116,117,118,119,120,121,122,123,124);/q;+2/p-2. The normalized spacial score (nSPS) is 11.7. The molecule has 0 atom stereocenters. The molecule has 0 unspecified atom stereocenters. The third-order valence-corrected chi connectivity index (χ3v) is 25.6. The molecular weight excluding hydrogens is 1590 g/mol. The molecule has 0 radical (unpaired) electrons. The van der Waals surface area contributed by atoms with Gasteiger partial charge in [-0.15, -0.1) is 22.1 Å². The van der Waals surface area contributed by atoms with Gasteiger partial charge in [-0.3, -0.25) is 19.2 Å². The first-order valence-corrected chi connectivity index (χ1v) is 50.8. The Morgan fingerprint density at radius 2 is 0.352 bits per heavy atom. The fraction of sp³-hybridized carbons (Fsp3) is 0.571. The number of nitrogens with one attached hydrogen (secondary N) is 4. The van der Waals surface area contributed by atoms with Crippen molar-refractivity contribution in [1.82, 2.24) is 41.2 Å². The third-order valence-electron chi connectivity index (χ3n) is 25.6. The van der Waals surface area contributed by atoms with Crippen molar-refractivity contribution in [2.75, 3.05) is 26.2 Å². The van der Waals surface area contributed by atoms with Crippen molar-refractivity contribution >= 4 is 70.0 Å². The van der Waals surface area contributed by atoms with E-state index in [9.17, 15) is 19.2 Å². The molecule has 0 fully saturated rings. The first-order chi connectivity index (χ1) is 61.2. The van der Waals surface area contributed by atoms with Gasteiger partial charge in [0.15, 0.2) is 0 Å². The third kappa shape index (κ3) is 37.7. The fourth-order valence-corrected chi connectivity index (χ4v) is 17.9. The molecule has 2 aliphatic rings. The zero-order valence-corrected chi connectivity index (χ0v) is 81.4. The Kier molecular flexibility index (Phi) is 51.6. The molecule has 13 heteroatoms. The molecule has 2 aliphatic heterocycles. The molecule has 4 N–H and O–H groups in total. The van der Waals surface area contributed by atoms with Gasteiger partial charge in [-0.25, -0.2) is 9.97 Å². The average Bonchev–Trinajstić information content (AvgIpc) is 1.62. The average molecular weight is 1750 g/mol. The quantitative estimate of drug-likeness (QED) is 0.0216. The minimum Gasteiger partial charge on any atom is -0.657 e. The number of nitrogens with zero attached hydrogens (tertiary/aromatic N) is 4. The van der Waals surface area contributed by atoms with Crippen molar-refractivity contribution in [2.45, 2.75) is 387 Å². The van der Waals surface area contributed by atoms with E-state index in [0.29, 0.717) is 93.3 Å². The zero-order valence-electron chi connectivity index (χ0n) is 78.4. The monoisotopic (exact) mass is 1750 g/mol. The van der Waals surface area contributed by atoms with Crippen molar-refractivity contribution in [3.05, 3.63) is 166 Å². The Morgan fingerprint density at radius 1 is 0.208 bits per heavy atom. The van der Waals surface area contributed by atoms with E-state index in [1.54, 1.807) is 0 Å². The summed E-state index contributed by atoms with van der Waals surface area (Å²) in [6.45, 7) is 11.6. The van der Waals surface area contributed by atoms with Crippen LogP contribution in [0.2, 0.25) is 0 Å². The topological polar surface area (TPSA) is 170 Å². The van der Waals surface area contributed by atoms with E-state index < -0.39 is 0 Å². The van der Waals surface area contributed by atoms with Crippen LogP contribution >= 0.6 is 0 Å². The Labute approximate surface area is 769 Å². The van der Waals surface area contributed by atoms with Crippen LogP contribution in [0.15, 0.2) is 121 Å². The smallest absolute Gasteiger partial charge is 0.657 e. The number of rotatable bonds is 68. The van der Waals surface area contributed by atoms with Gasteiger partial charge in [0.2, 0.25) is 0 Å². The summed E-state index contributed by atoms with van der Waals surface area (Å²) >= 11 is 0. The minimum atomic E-state index is -0.0964. The summed E-state index contributed by atoms with van der Waals surface area (Å²) in [5.41, 5.74) is 14.3. The Morgan fingerprint density at radius 3 is 0.504 bits per heavy atom. The summed E-state index contributed by atoms with van der Waals surface area (Å²) in [6.07, 6.45) is 80.1. The van der Waals surface area contributed by atoms with Crippen molar-refractivity contribution < 1.29 is 38.7 Å². The summed E-state index contributed by atoms with van der Waals surface area (Å²) in [4.78, 5) is 78.0. The molecule has 7 aromatic rings. The Bertz CT molecular complexity index is 3850. The largest absolute Gasteiger partial charge is 2.00 e. The van der Waals surface area contributed by atoms with Crippen LogP contribution in [0.4, 0.5) is 0 Å². The number of carbonyl (C=O) groups is 4. The van der Waals surface area contributed by atoms with Gasteiger partial charge in [0.05, 0.1) is 22.8 Å². The van der Waals surface area contributed by atoms with E-state index in [1.165, 1.54) is 308 Å². The fourth-order valence-electron chi connectivity index (χ4n) is 17.9. The van der Waals surface area contributed by atoms with Gasteiger partial charge in [0.1, 0.15) is 0 Å². The second kappa shape index (κ2) is 63.0.